The molecule has 7 heteroatoms. The lowest BCUT2D eigenvalue weighted by Crippen LogP contribution is -2.40. The van der Waals surface area contributed by atoms with Gasteiger partial charge < -0.3 is 19.1 Å². The fourth-order valence-corrected chi connectivity index (χ4v) is 4.47. The summed E-state index contributed by atoms with van der Waals surface area (Å²) in [6, 6.07) is 17.5. The van der Waals surface area contributed by atoms with Crippen molar-refractivity contribution in [3.05, 3.63) is 93.5 Å². The minimum Gasteiger partial charge on any atom is -0.493 e. The largest absolute Gasteiger partial charge is 0.493 e. The molecule has 3 aromatic rings. The minimum atomic E-state index is -0.448. The van der Waals surface area contributed by atoms with Crippen molar-refractivity contribution in [1.82, 2.24) is 4.90 Å². The van der Waals surface area contributed by atoms with Crippen LogP contribution in [0.1, 0.15) is 43.4 Å². The van der Waals surface area contributed by atoms with Gasteiger partial charge in [0.1, 0.15) is 0 Å². The molecule has 1 atom stereocenters. The summed E-state index contributed by atoms with van der Waals surface area (Å²) in [5, 5.41) is 0.573. The van der Waals surface area contributed by atoms with Crippen molar-refractivity contribution in [2.45, 2.75) is 12.5 Å². The standard InChI is InChI=1S/C26H24ClNO5/c1-31-22-14-18-12-13-28(25(29)16-8-10-17(11-9-16)26(30)33-3)24(20(18)15-23(22)32-2)19-6-4-5-7-21(19)27/h4-11,14-15,24H,12-13H2,1-3H3. The van der Waals surface area contributed by atoms with Gasteiger partial charge in [0, 0.05) is 17.1 Å². The van der Waals surface area contributed by atoms with Gasteiger partial charge in [-0.25, -0.2) is 4.79 Å². The highest BCUT2D eigenvalue weighted by Gasteiger charge is 2.35. The number of hydrogen-bond acceptors (Lipinski definition) is 5. The highest BCUT2D eigenvalue weighted by molar-refractivity contribution is 6.31. The van der Waals surface area contributed by atoms with Crippen LogP contribution in [-0.2, 0) is 11.2 Å². The summed E-state index contributed by atoms with van der Waals surface area (Å²) >= 11 is 6.60. The van der Waals surface area contributed by atoms with Crippen LogP contribution in [0.3, 0.4) is 0 Å². The van der Waals surface area contributed by atoms with Gasteiger partial charge in [-0.2, -0.15) is 0 Å². The summed E-state index contributed by atoms with van der Waals surface area (Å²) in [4.78, 5) is 27.2. The number of benzene rings is 3. The molecule has 0 radical (unpaired) electrons. The van der Waals surface area contributed by atoms with E-state index in [1.807, 2.05) is 41.3 Å². The van der Waals surface area contributed by atoms with E-state index in [0.717, 1.165) is 16.7 Å². The molecule has 0 spiro atoms. The lowest BCUT2D eigenvalue weighted by molar-refractivity contribution is 0.0599. The molecule has 0 aromatic heterocycles. The van der Waals surface area contributed by atoms with Gasteiger partial charge in [-0.15, -0.1) is 0 Å². The van der Waals surface area contributed by atoms with E-state index in [2.05, 4.69) is 0 Å². The van der Waals surface area contributed by atoms with E-state index in [4.69, 9.17) is 25.8 Å². The fraction of sp³-hybridized carbons (Fsp3) is 0.231. The van der Waals surface area contributed by atoms with E-state index < -0.39 is 12.0 Å². The Hall–Kier alpha value is -3.51. The molecule has 0 N–H and O–H groups in total. The summed E-state index contributed by atoms with van der Waals surface area (Å²) in [7, 11) is 4.51. The zero-order valence-corrected chi connectivity index (χ0v) is 19.4. The van der Waals surface area contributed by atoms with Crippen molar-refractivity contribution >= 4 is 23.5 Å². The number of carbonyl (C=O) groups is 2. The highest BCUT2D eigenvalue weighted by Crippen LogP contribution is 2.43. The molecule has 1 heterocycles. The number of methoxy groups -OCH3 is 3. The van der Waals surface area contributed by atoms with Crippen LogP contribution in [0.4, 0.5) is 0 Å². The summed E-state index contributed by atoms with van der Waals surface area (Å²) < 4.78 is 15.8. The maximum Gasteiger partial charge on any atom is 0.337 e. The Morgan fingerprint density at radius 3 is 2.15 bits per heavy atom. The number of rotatable bonds is 5. The van der Waals surface area contributed by atoms with Crippen molar-refractivity contribution in [3.8, 4) is 11.5 Å². The van der Waals surface area contributed by atoms with E-state index in [0.29, 0.717) is 40.6 Å². The Morgan fingerprint density at radius 1 is 0.879 bits per heavy atom. The predicted octanol–water partition coefficient (Wildman–Crippen LogP) is 4.93. The third-order valence-corrected chi connectivity index (χ3v) is 6.23. The molecular weight excluding hydrogens is 442 g/mol. The zero-order valence-electron chi connectivity index (χ0n) is 18.6. The van der Waals surface area contributed by atoms with Crippen LogP contribution in [0, 0.1) is 0 Å². The Bertz CT molecular complexity index is 1190. The molecule has 1 aliphatic rings. The van der Waals surface area contributed by atoms with Gasteiger partial charge in [0.2, 0.25) is 0 Å². The average molecular weight is 466 g/mol. The second kappa shape index (κ2) is 9.55. The van der Waals surface area contributed by atoms with E-state index >= 15 is 0 Å². The molecule has 0 saturated heterocycles. The third-order valence-electron chi connectivity index (χ3n) is 5.89. The Balaban J connectivity index is 1.80. The summed E-state index contributed by atoms with van der Waals surface area (Å²) in [6.07, 6.45) is 0.655. The average Bonchev–Trinajstić information content (AvgIpc) is 2.86. The number of fused-ring (bicyclic) bond motifs is 1. The SMILES string of the molecule is COC(=O)c1ccc(C(=O)N2CCc3cc(OC)c(OC)cc3C2c2ccccc2Cl)cc1. The predicted molar refractivity (Wildman–Crippen MR) is 125 cm³/mol. The second-order valence-electron chi connectivity index (χ2n) is 7.65. The summed E-state index contributed by atoms with van der Waals surface area (Å²) in [5.41, 5.74) is 3.70. The van der Waals surface area contributed by atoms with E-state index in [9.17, 15) is 9.59 Å². The molecule has 0 saturated carbocycles. The monoisotopic (exact) mass is 465 g/mol. The van der Waals surface area contributed by atoms with Crippen LogP contribution in [0.5, 0.6) is 11.5 Å². The van der Waals surface area contributed by atoms with Crippen LogP contribution >= 0.6 is 11.6 Å². The van der Waals surface area contributed by atoms with Crippen molar-refractivity contribution in [2.75, 3.05) is 27.9 Å². The van der Waals surface area contributed by atoms with Crippen molar-refractivity contribution in [1.29, 1.82) is 0 Å². The molecule has 0 fully saturated rings. The van der Waals surface area contributed by atoms with Gasteiger partial charge in [0.25, 0.3) is 5.91 Å². The quantitative estimate of drug-likeness (QED) is 0.500. The van der Waals surface area contributed by atoms with Gasteiger partial charge in [0.15, 0.2) is 11.5 Å². The van der Waals surface area contributed by atoms with Gasteiger partial charge in [0.05, 0.1) is 32.9 Å². The number of halogens is 1. The lowest BCUT2D eigenvalue weighted by Gasteiger charge is -2.38. The number of hydrogen-bond donors (Lipinski definition) is 0. The molecule has 0 aliphatic carbocycles. The molecule has 0 bridgehead atoms. The molecule has 170 valence electrons. The molecular formula is C26H24ClNO5. The first-order valence-electron chi connectivity index (χ1n) is 10.5. The van der Waals surface area contributed by atoms with E-state index in [1.165, 1.54) is 7.11 Å². The number of esters is 1. The number of nitrogens with zero attached hydrogens (tertiary/aromatic N) is 1. The molecule has 1 unspecified atom stereocenters. The third kappa shape index (κ3) is 4.26. The van der Waals surface area contributed by atoms with Crippen LogP contribution in [-0.4, -0.2) is 44.7 Å². The maximum absolute atomic E-state index is 13.6. The molecule has 1 amide bonds. The van der Waals surface area contributed by atoms with E-state index in [1.54, 1.807) is 38.5 Å². The Labute approximate surface area is 197 Å². The number of ether oxygens (including phenoxy) is 3. The smallest absolute Gasteiger partial charge is 0.337 e. The van der Waals surface area contributed by atoms with Crippen LogP contribution < -0.4 is 9.47 Å². The molecule has 3 aromatic carbocycles. The highest BCUT2D eigenvalue weighted by atomic mass is 35.5. The van der Waals surface area contributed by atoms with Crippen LogP contribution in [0.2, 0.25) is 5.02 Å². The molecule has 4 rings (SSSR count). The van der Waals surface area contributed by atoms with Crippen LogP contribution in [0.15, 0.2) is 60.7 Å². The van der Waals surface area contributed by atoms with Crippen molar-refractivity contribution in [2.24, 2.45) is 0 Å². The lowest BCUT2D eigenvalue weighted by atomic mass is 9.87. The fourth-order valence-electron chi connectivity index (χ4n) is 4.23. The minimum absolute atomic E-state index is 0.156. The number of carbonyl (C=O) groups excluding carboxylic acids is 2. The summed E-state index contributed by atoms with van der Waals surface area (Å²) in [5.74, 6) is 0.630. The maximum atomic E-state index is 13.6. The molecule has 6 nitrogen and oxygen atoms in total. The zero-order chi connectivity index (χ0) is 23.5. The Kier molecular flexibility index (Phi) is 6.56. The number of amides is 1. The first-order chi connectivity index (χ1) is 16.0. The van der Waals surface area contributed by atoms with Gasteiger partial charge in [-0.05, 0) is 65.6 Å². The van der Waals surface area contributed by atoms with Gasteiger partial charge in [-0.1, -0.05) is 29.8 Å². The topological polar surface area (TPSA) is 65.1 Å². The normalized spacial score (nSPS) is 14.9. The van der Waals surface area contributed by atoms with Crippen molar-refractivity contribution < 1.29 is 23.8 Å². The first kappa shape index (κ1) is 22.7. The summed E-state index contributed by atoms with van der Waals surface area (Å²) in [6.45, 7) is 0.496. The van der Waals surface area contributed by atoms with Crippen molar-refractivity contribution in [3.63, 3.8) is 0 Å². The Morgan fingerprint density at radius 2 is 1.52 bits per heavy atom. The van der Waals surface area contributed by atoms with Gasteiger partial charge >= 0.3 is 5.97 Å². The molecule has 33 heavy (non-hydrogen) atoms. The second-order valence-corrected chi connectivity index (χ2v) is 8.05. The first-order valence-corrected chi connectivity index (χ1v) is 10.8. The molecule has 1 aliphatic heterocycles. The van der Waals surface area contributed by atoms with Crippen LogP contribution in [0.25, 0.3) is 0 Å². The van der Waals surface area contributed by atoms with E-state index in [-0.39, 0.29) is 5.91 Å². The van der Waals surface area contributed by atoms with Gasteiger partial charge in [-0.3, -0.25) is 4.79 Å².